The van der Waals surface area contributed by atoms with E-state index >= 15 is 0 Å². The van der Waals surface area contributed by atoms with Crippen LogP contribution in [-0.2, 0) is 7.05 Å². The number of hydrogen-bond acceptors (Lipinski definition) is 2. The number of rotatable bonds is 3. The van der Waals surface area contributed by atoms with Gasteiger partial charge in [0.1, 0.15) is 5.82 Å². The molecule has 0 bridgehead atoms. The molecule has 1 unspecified atom stereocenters. The number of aromatic nitrogens is 2. The van der Waals surface area contributed by atoms with Gasteiger partial charge < -0.3 is 9.88 Å². The minimum Gasteiger partial charge on any atom is -0.336 e. The Balaban J connectivity index is 2.50. The van der Waals surface area contributed by atoms with Crippen LogP contribution in [0.4, 0.5) is 0 Å². The van der Waals surface area contributed by atoms with Crippen molar-refractivity contribution >= 4 is 22.6 Å². The number of imidazole rings is 1. The largest absolute Gasteiger partial charge is 0.336 e. The molecule has 90 valence electrons. The summed E-state index contributed by atoms with van der Waals surface area (Å²) in [6, 6.07) is 6.53. The number of aryl methyl sites for hydroxylation is 2. The Kier molecular flexibility index (Phi) is 3.83. The van der Waals surface area contributed by atoms with Gasteiger partial charge >= 0.3 is 0 Å². The monoisotopic (exact) mass is 341 g/mol. The Morgan fingerprint density at radius 1 is 1.41 bits per heavy atom. The van der Waals surface area contributed by atoms with Gasteiger partial charge in [-0.15, -0.1) is 0 Å². The van der Waals surface area contributed by atoms with E-state index in [1.165, 1.54) is 14.7 Å². The summed E-state index contributed by atoms with van der Waals surface area (Å²) in [6.07, 6.45) is 3.81. The Hall–Kier alpha value is -0.880. The summed E-state index contributed by atoms with van der Waals surface area (Å²) in [4.78, 5) is 4.43. The number of nitrogens with one attached hydrogen (secondary N) is 1. The van der Waals surface area contributed by atoms with Crippen LogP contribution in [0.1, 0.15) is 23.0 Å². The molecule has 0 aliphatic heterocycles. The molecule has 0 spiro atoms. The molecule has 0 saturated carbocycles. The van der Waals surface area contributed by atoms with Crippen molar-refractivity contribution in [3.8, 4) is 0 Å². The second-order valence-electron chi connectivity index (χ2n) is 4.10. The van der Waals surface area contributed by atoms with Crippen molar-refractivity contribution in [2.75, 3.05) is 7.05 Å². The second-order valence-corrected chi connectivity index (χ2v) is 5.17. The first-order chi connectivity index (χ1) is 8.15. The normalized spacial score (nSPS) is 12.7. The van der Waals surface area contributed by atoms with Gasteiger partial charge in [-0.25, -0.2) is 4.98 Å². The van der Waals surface area contributed by atoms with Crippen LogP contribution >= 0.6 is 22.6 Å². The molecule has 3 nitrogen and oxygen atoms in total. The lowest BCUT2D eigenvalue weighted by Crippen LogP contribution is -2.22. The van der Waals surface area contributed by atoms with E-state index in [-0.39, 0.29) is 6.04 Å². The zero-order valence-corrected chi connectivity index (χ0v) is 12.4. The summed E-state index contributed by atoms with van der Waals surface area (Å²) in [6.45, 7) is 2.14. The molecule has 2 rings (SSSR count). The third-order valence-electron chi connectivity index (χ3n) is 2.94. The van der Waals surface area contributed by atoms with E-state index < -0.39 is 0 Å². The molecule has 1 aromatic carbocycles. The molecule has 1 atom stereocenters. The molecule has 1 aromatic heterocycles. The molecule has 0 aliphatic carbocycles. The van der Waals surface area contributed by atoms with Gasteiger partial charge in [-0.3, -0.25) is 0 Å². The lowest BCUT2D eigenvalue weighted by molar-refractivity contribution is 0.614. The van der Waals surface area contributed by atoms with Crippen molar-refractivity contribution in [2.24, 2.45) is 7.05 Å². The van der Waals surface area contributed by atoms with Crippen LogP contribution in [0.5, 0.6) is 0 Å². The van der Waals surface area contributed by atoms with Gasteiger partial charge in [0.15, 0.2) is 0 Å². The number of benzene rings is 1. The van der Waals surface area contributed by atoms with Crippen LogP contribution in [-0.4, -0.2) is 16.6 Å². The Morgan fingerprint density at radius 2 is 2.18 bits per heavy atom. The van der Waals surface area contributed by atoms with E-state index in [1.54, 1.807) is 0 Å². The molecule has 0 radical (unpaired) electrons. The standard InChI is InChI=1S/C13H16IN3/c1-9-5-4-6-10(11(9)14)12(15-2)13-16-7-8-17(13)3/h4-8,12,15H,1-3H3. The van der Waals surface area contributed by atoms with Crippen molar-refractivity contribution in [3.63, 3.8) is 0 Å². The maximum atomic E-state index is 4.43. The van der Waals surface area contributed by atoms with Crippen LogP contribution in [0.25, 0.3) is 0 Å². The minimum atomic E-state index is 0.141. The summed E-state index contributed by atoms with van der Waals surface area (Å²) in [5.41, 5.74) is 2.58. The van der Waals surface area contributed by atoms with Crippen molar-refractivity contribution in [3.05, 3.63) is 51.1 Å². The lowest BCUT2D eigenvalue weighted by Gasteiger charge is -2.18. The highest BCUT2D eigenvalue weighted by molar-refractivity contribution is 14.1. The van der Waals surface area contributed by atoms with E-state index in [4.69, 9.17) is 0 Å². The first-order valence-electron chi connectivity index (χ1n) is 5.54. The molecule has 0 aliphatic rings. The zero-order chi connectivity index (χ0) is 12.4. The lowest BCUT2D eigenvalue weighted by atomic mass is 10.0. The average Bonchev–Trinajstić information content (AvgIpc) is 2.72. The van der Waals surface area contributed by atoms with E-state index in [2.05, 4.69) is 62.6 Å². The zero-order valence-electron chi connectivity index (χ0n) is 10.2. The molecule has 0 fully saturated rings. The van der Waals surface area contributed by atoms with Crippen LogP contribution in [0.2, 0.25) is 0 Å². The minimum absolute atomic E-state index is 0.141. The third kappa shape index (κ3) is 2.37. The van der Waals surface area contributed by atoms with Crippen LogP contribution in [0.15, 0.2) is 30.6 Å². The van der Waals surface area contributed by atoms with Gasteiger partial charge in [-0.2, -0.15) is 0 Å². The molecule has 17 heavy (non-hydrogen) atoms. The van der Waals surface area contributed by atoms with Gasteiger partial charge in [0.2, 0.25) is 0 Å². The predicted molar refractivity (Wildman–Crippen MR) is 78.0 cm³/mol. The number of hydrogen-bond donors (Lipinski definition) is 1. The Morgan fingerprint density at radius 3 is 2.76 bits per heavy atom. The summed E-state index contributed by atoms with van der Waals surface area (Å²) in [5.74, 6) is 1.04. The van der Waals surface area contributed by atoms with E-state index in [0.29, 0.717) is 0 Å². The van der Waals surface area contributed by atoms with Crippen molar-refractivity contribution in [1.29, 1.82) is 0 Å². The molecule has 4 heteroatoms. The van der Waals surface area contributed by atoms with E-state index in [0.717, 1.165) is 5.82 Å². The maximum absolute atomic E-state index is 4.43. The molecule has 1 heterocycles. The molecule has 0 saturated heterocycles. The van der Waals surface area contributed by atoms with Gasteiger partial charge in [-0.05, 0) is 47.7 Å². The van der Waals surface area contributed by atoms with Crippen LogP contribution in [0, 0.1) is 10.5 Å². The third-order valence-corrected chi connectivity index (χ3v) is 4.41. The maximum Gasteiger partial charge on any atom is 0.130 e. The molecule has 2 aromatic rings. The van der Waals surface area contributed by atoms with E-state index in [9.17, 15) is 0 Å². The Bertz CT molecular complexity index is 519. The van der Waals surface area contributed by atoms with Crippen molar-refractivity contribution in [1.82, 2.24) is 14.9 Å². The van der Waals surface area contributed by atoms with Gasteiger partial charge in [0.25, 0.3) is 0 Å². The number of nitrogens with zero attached hydrogens (tertiary/aromatic N) is 2. The SMILES string of the molecule is CNC(c1cccc(C)c1I)c1nccn1C. The quantitative estimate of drug-likeness (QED) is 0.870. The topological polar surface area (TPSA) is 29.9 Å². The van der Waals surface area contributed by atoms with Gasteiger partial charge in [0, 0.05) is 23.0 Å². The smallest absolute Gasteiger partial charge is 0.130 e. The average molecular weight is 341 g/mol. The summed E-state index contributed by atoms with van der Waals surface area (Å²) < 4.78 is 3.35. The fourth-order valence-corrected chi connectivity index (χ4v) is 2.64. The predicted octanol–water partition coefficient (Wildman–Crippen LogP) is 2.64. The summed E-state index contributed by atoms with van der Waals surface area (Å²) >= 11 is 2.40. The number of halogens is 1. The fourth-order valence-electron chi connectivity index (χ4n) is 1.97. The highest BCUT2D eigenvalue weighted by atomic mass is 127. The molecular formula is C13H16IN3. The molecule has 0 amide bonds. The highest BCUT2D eigenvalue weighted by Gasteiger charge is 2.19. The second kappa shape index (κ2) is 5.18. The van der Waals surface area contributed by atoms with Crippen LogP contribution in [0.3, 0.4) is 0 Å². The first-order valence-corrected chi connectivity index (χ1v) is 6.62. The van der Waals surface area contributed by atoms with Gasteiger partial charge in [0.05, 0.1) is 6.04 Å². The molecule has 1 N–H and O–H groups in total. The Labute approximate surface area is 115 Å². The molecular weight excluding hydrogens is 325 g/mol. The van der Waals surface area contributed by atoms with Crippen molar-refractivity contribution in [2.45, 2.75) is 13.0 Å². The van der Waals surface area contributed by atoms with Crippen molar-refractivity contribution < 1.29 is 0 Å². The van der Waals surface area contributed by atoms with Crippen LogP contribution < -0.4 is 5.32 Å². The highest BCUT2D eigenvalue weighted by Crippen LogP contribution is 2.26. The van der Waals surface area contributed by atoms with E-state index in [1.807, 2.05) is 26.5 Å². The first kappa shape index (κ1) is 12.6. The summed E-state index contributed by atoms with van der Waals surface area (Å²) in [5, 5.41) is 3.34. The van der Waals surface area contributed by atoms with Gasteiger partial charge in [-0.1, -0.05) is 18.2 Å². The summed E-state index contributed by atoms with van der Waals surface area (Å²) in [7, 11) is 3.99. The fraction of sp³-hybridized carbons (Fsp3) is 0.308.